The summed E-state index contributed by atoms with van der Waals surface area (Å²) >= 11 is 6.87. The molecular weight excluding hydrogens is 542 g/mol. The Morgan fingerprint density at radius 2 is 1.82 bits per heavy atom. The van der Waals surface area contributed by atoms with Crippen LogP contribution in [0, 0.1) is 6.92 Å². The van der Waals surface area contributed by atoms with Crippen molar-refractivity contribution >= 4 is 47.6 Å². The fourth-order valence-electron chi connectivity index (χ4n) is 4.63. The number of fused-ring (bicyclic) bond motifs is 2. The molecule has 5 aromatic rings. The second-order valence-electron chi connectivity index (χ2n) is 11.3. The van der Waals surface area contributed by atoms with Crippen molar-refractivity contribution in [3.8, 4) is 22.9 Å². The van der Waals surface area contributed by atoms with E-state index < -0.39 is 14.0 Å². The molecule has 0 amide bonds. The van der Waals surface area contributed by atoms with Crippen molar-refractivity contribution in [2.45, 2.75) is 39.3 Å². The summed E-state index contributed by atoms with van der Waals surface area (Å²) in [5.41, 5.74) is 5.83. The lowest BCUT2D eigenvalue weighted by atomic mass is 10.0. The molecule has 40 heavy (non-hydrogen) atoms. The van der Waals surface area contributed by atoms with Crippen LogP contribution in [0.2, 0.25) is 30.7 Å². The van der Waals surface area contributed by atoms with E-state index in [-0.39, 0.29) is 6.73 Å². The van der Waals surface area contributed by atoms with Gasteiger partial charge in [0.05, 0.1) is 28.7 Å². The minimum atomic E-state index is -1.25. The first-order chi connectivity index (χ1) is 19.0. The fraction of sp³-hybridized carbons (Fsp3) is 0.290. The molecule has 0 aliphatic heterocycles. The molecule has 9 heteroatoms. The summed E-state index contributed by atoms with van der Waals surface area (Å²) in [4.78, 5) is 17.1. The zero-order valence-electron chi connectivity index (χ0n) is 23.7. The largest absolute Gasteiger partial charge is 0.465 e. The zero-order valence-corrected chi connectivity index (χ0v) is 25.5. The number of imidazole rings is 1. The molecule has 0 unspecified atom stereocenters. The van der Waals surface area contributed by atoms with Gasteiger partial charge >= 0.3 is 12.0 Å². The maximum Gasteiger partial charge on any atom is 0.338 e. The minimum absolute atomic E-state index is 0.262. The summed E-state index contributed by atoms with van der Waals surface area (Å²) in [6.07, 6.45) is 2.05. The van der Waals surface area contributed by atoms with E-state index in [9.17, 15) is 4.79 Å². The molecule has 0 spiro atoms. The lowest BCUT2D eigenvalue weighted by molar-refractivity contribution is 0.0599. The van der Waals surface area contributed by atoms with Crippen LogP contribution in [0.4, 0.5) is 0 Å². The van der Waals surface area contributed by atoms with Crippen LogP contribution in [0.5, 0.6) is 11.8 Å². The third kappa shape index (κ3) is 5.79. The summed E-state index contributed by atoms with van der Waals surface area (Å²) in [6, 6.07) is 19.0. The SMILES string of the molecule is COC(=O)c1cc(Oc2nc3cc(-c4ccc5c(ccn5C)c4)c(Cl)cc3n2COCC[Si](C)(C)C)ccc1C. The average molecular weight is 576 g/mol. The summed E-state index contributed by atoms with van der Waals surface area (Å²) in [6.45, 7) is 9.73. The summed E-state index contributed by atoms with van der Waals surface area (Å²) in [7, 11) is 2.14. The normalized spacial score (nSPS) is 11.9. The van der Waals surface area contributed by atoms with E-state index in [4.69, 9.17) is 30.8 Å². The molecule has 2 aromatic heterocycles. The molecule has 0 bridgehead atoms. The highest BCUT2D eigenvalue weighted by Crippen LogP contribution is 2.36. The number of aromatic nitrogens is 3. The molecule has 208 valence electrons. The fourth-order valence-corrected chi connectivity index (χ4v) is 5.65. The van der Waals surface area contributed by atoms with Gasteiger partial charge in [-0.2, -0.15) is 4.98 Å². The maximum absolute atomic E-state index is 12.3. The van der Waals surface area contributed by atoms with Gasteiger partial charge in [-0.05, 0) is 66.6 Å². The molecule has 5 rings (SSSR count). The van der Waals surface area contributed by atoms with Crippen LogP contribution in [0.1, 0.15) is 15.9 Å². The first kappa shape index (κ1) is 28.0. The van der Waals surface area contributed by atoms with Crippen LogP contribution in [0.15, 0.2) is 60.8 Å². The summed E-state index contributed by atoms with van der Waals surface area (Å²) in [5, 5.41) is 1.75. The molecule has 0 saturated carbocycles. The molecular formula is C31H34ClN3O4Si. The highest BCUT2D eigenvalue weighted by Gasteiger charge is 2.19. The Balaban J connectivity index is 1.55. The number of benzene rings is 3. The molecule has 0 saturated heterocycles. The average Bonchev–Trinajstić information content (AvgIpc) is 3.45. The summed E-state index contributed by atoms with van der Waals surface area (Å²) < 4.78 is 21.3. The van der Waals surface area contributed by atoms with Gasteiger partial charge in [0.15, 0.2) is 0 Å². The lowest BCUT2D eigenvalue weighted by Crippen LogP contribution is -2.22. The standard InChI is InChI=1S/C31H34ClN3O4Si/c1-20-7-9-23(16-24(20)30(36)37-3)39-31-33-27-17-25(21-8-10-28-22(15-21)11-12-34(28)2)26(32)18-29(27)35(31)19-38-13-14-40(4,5)6/h7-12,15-18H,13-14,19H2,1-6H3. The van der Waals surface area contributed by atoms with Gasteiger partial charge in [0.1, 0.15) is 12.5 Å². The van der Waals surface area contributed by atoms with Crippen molar-refractivity contribution in [2.75, 3.05) is 13.7 Å². The molecule has 0 aliphatic carbocycles. The van der Waals surface area contributed by atoms with Gasteiger partial charge in [-0.1, -0.05) is 43.4 Å². The van der Waals surface area contributed by atoms with Crippen molar-refractivity contribution in [3.63, 3.8) is 0 Å². The Kier molecular flexibility index (Phi) is 7.77. The first-order valence-corrected chi connectivity index (χ1v) is 17.3. The number of methoxy groups -OCH3 is 1. The van der Waals surface area contributed by atoms with Gasteiger partial charge in [-0.25, -0.2) is 4.79 Å². The topological polar surface area (TPSA) is 67.5 Å². The van der Waals surface area contributed by atoms with E-state index in [1.165, 1.54) is 7.11 Å². The predicted molar refractivity (Wildman–Crippen MR) is 163 cm³/mol. The summed E-state index contributed by atoms with van der Waals surface area (Å²) in [5.74, 6) is 0.0587. The molecule has 0 atom stereocenters. The van der Waals surface area contributed by atoms with Gasteiger partial charge in [0, 0.05) is 44.4 Å². The second-order valence-corrected chi connectivity index (χ2v) is 17.3. The Hall–Kier alpha value is -3.59. The van der Waals surface area contributed by atoms with Crippen LogP contribution in [-0.2, 0) is 23.3 Å². The molecule has 3 aromatic carbocycles. The number of ether oxygens (including phenoxy) is 3. The van der Waals surface area contributed by atoms with Crippen LogP contribution in [0.25, 0.3) is 33.1 Å². The third-order valence-electron chi connectivity index (χ3n) is 7.04. The van der Waals surface area contributed by atoms with E-state index in [2.05, 4.69) is 48.5 Å². The van der Waals surface area contributed by atoms with Crippen molar-refractivity contribution in [1.82, 2.24) is 14.1 Å². The Morgan fingerprint density at radius 3 is 2.58 bits per heavy atom. The lowest BCUT2D eigenvalue weighted by Gasteiger charge is -2.16. The molecule has 7 nitrogen and oxygen atoms in total. The minimum Gasteiger partial charge on any atom is -0.465 e. The van der Waals surface area contributed by atoms with Crippen LogP contribution < -0.4 is 4.74 Å². The number of rotatable bonds is 9. The van der Waals surface area contributed by atoms with E-state index >= 15 is 0 Å². The maximum atomic E-state index is 12.3. The quantitative estimate of drug-likeness (QED) is 0.101. The van der Waals surface area contributed by atoms with Crippen molar-refractivity contribution < 1.29 is 19.0 Å². The van der Waals surface area contributed by atoms with Crippen LogP contribution in [-0.4, -0.2) is 41.9 Å². The van der Waals surface area contributed by atoms with Crippen LogP contribution >= 0.6 is 11.6 Å². The van der Waals surface area contributed by atoms with Gasteiger partial charge in [0.2, 0.25) is 0 Å². The van der Waals surface area contributed by atoms with Gasteiger partial charge in [-0.15, -0.1) is 0 Å². The smallest absolute Gasteiger partial charge is 0.338 e. The Morgan fingerprint density at radius 1 is 1.02 bits per heavy atom. The molecule has 0 aliphatic rings. The van der Waals surface area contributed by atoms with E-state index in [0.29, 0.717) is 29.0 Å². The van der Waals surface area contributed by atoms with Gasteiger partial charge in [0.25, 0.3) is 0 Å². The Labute approximate surface area is 240 Å². The monoisotopic (exact) mass is 575 g/mol. The molecule has 0 fully saturated rings. The number of hydrogen-bond donors (Lipinski definition) is 0. The number of hydrogen-bond acceptors (Lipinski definition) is 5. The predicted octanol–water partition coefficient (Wildman–Crippen LogP) is 8.05. The Bertz CT molecular complexity index is 1720. The first-order valence-electron chi connectivity index (χ1n) is 13.2. The number of aryl methyl sites for hydroxylation is 2. The van der Waals surface area contributed by atoms with E-state index in [1.54, 1.807) is 6.07 Å². The second kappa shape index (κ2) is 11.1. The number of carbonyl (C=O) groups is 1. The van der Waals surface area contributed by atoms with Crippen molar-refractivity contribution in [3.05, 3.63) is 76.9 Å². The molecule has 0 radical (unpaired) electrons. The highest BCUT2D eigenvalue weighted by molar-refractivity contribution is 6.76. The number of halogens is 1. The number of nitrogens with zero attached hydrogens (tertiary/aromatic N) is 3. The zero-order chi connectivity index (χ0) is 28.6. The van der Waals surface area contributed by atoms with Crippen molar-refractivity contribution in [2.24, 2.45) is 7.05 Å². The van der Waals surface area contributed by atoms with Crippen LogP contribution in [0.3, 0.4) is 0 Å². The number of carbonyl (C=O) groups excluding carboxylic acids is 1. The molecule has 2 heterocycles. The van der Waals surface area contributed by atoms with E-state index in [1.807, 2.05) is 49.0 Å². The van der Waals surface area contributed by atoms with Gasteiger partial charge in [-0.3, -0.25) is 4.57 Å². The van der Waals surface area contributed by atoms with Crippen molar-refractivity contribution in [1.29, 1.82) is 0 Å². The number of esters is 1. The molecule has 0 N–H and O–H groups in total. The highest BCUT2D eigenvalue weighted by atomic mass is 35.5. The van der Waals surface area contributed by atoms with E-state index in [0.717, 1.165) is 44.7 Å². The third-order valence-corrected chi connectivity index (χ3v) is 9.06. The van der Waals surface area contributed by atoms with Gasteiger partial charge < -0.3 is 18.8 Å².